The molecule has 0 saturated heterocycles. The summed E-state index contributed by atoms with van der Waals surface area (Å²) in [6.07, 6.45) is 0. The Hall–Kier alpha value is -1.21. The monoisotopic (exact) mass is 259 g/mol. The average Bonchev–Trinajstić information content (AvgIpc) is 2.27. The van der Waals surface area contributed by atoms with Crippen molar-refractivity contribution in [3.8, 4) is 0 Å². The molecule has 0 aliphatic carbocycles. The third-order valence-corrected chi connectivity index (χ3v) is 3.51. The maximum atomic E-state index is 11.3. The number of rotatable bonds is 5. The van der Waals surface area contributed by atoms with Crippen molar-refractivity contribution in [1.82, 2.24) is 0 Å². The van der Waals surface area contributed by atoms with Crippen LogP contribution in [0, 0.1) is 0 Å². The summed E-state index contributed by atoms with van der Waals surface area (Å²) >= 11 is 1.15. The Morgan fingerprint density at radius 3 is 2.56 bits per heavy atom. The fraction of sp³-hybridized carbons (Fsp3) is 0.250. The van der Waals surface area contributed by atoms with Crippen molar-refractivity contribution >= 4 is 22.1 Å². The van der Waals surface area contributed by atoms with Crippen molar-refractivity contribution in [1.29, 1.82) is 0 Å². The van der Waals surface area contributed by atoms with E-state index in [0.717, 1.165) is 16.9 Å². The standard InChI is InChI=1S/C8H9N3O3S2/c1-2-14-15-7-3-5-8(6-4-7)16(12,13)11-10-9/h3-6H,2H2,1H3. The minimum atomic E-state index is -3.89. The zero-order valence-electron chi connectivity index (χ0n) is 8.40. The molecule has 86 valence electrons. The summed E-state index contributed by atoms with van der Waals surface area (Å²) in [5.41, 5.74) is 8.09. The zero-order chi connectivity index (χ0) is 12.0. The topological polar surface area (TPSA) is 92.1 Å². The van der Waals surface area contributed by atoms with Crippen LogP contribution in [0.4, 0.5) is 0 Å². The third-order valence-electron chi connectivity index (χ3n) is 1.54. The van der Waals surface area contributed by atoms with Crippen molar-refractivity contribution in [3.05, 3.63) is 34.7 Å². The largest absolute Gasteiger partial charge is 0.311 e. The minimum Gasteiger partial charge on any atom is -0.311 e. The summed E-state index contributed by atoms with van der Waals surface area (Å²) in [7, 11) is -3.89. The number of hydrogen-bond acceptors (Lipinski definition) is 4. The van der Waals surface area contributed by atoms with E-state index in [1.807, 2.05) is 6.92 Å². The maximum Gasteiger partial charge on any atom is 0.264 e. The van der Waals surface area contributed by atoms with Gasteiger partial charge in [-0.3, -0.25) is 0 Å². The molecule has 0 aliphatic rings. The van der Waals surface area contributed by atoms with E-state index < -0.39 is 10.0 Å². The van der Waals surface area contributed by atoms with Crippen LogP contribution in [0.1, 0.15) is 6.92 Å². The van der Waals surface area contributed by atoms with E-state index in [1.54, 1.807) is 12.1 Å². The van der Waals surface area contributed by atoms with Gasteiger partial charge >= 0.3 is 0 Å². The second-order valence-corrected chi connectivity index (χ2v) is 5.07. The Morgan fingerprint density at radius 2 is 2.06 bits per heavy atom. The van der Waals surface area contributed by atoms with Crippen LogP contribution in [-0.4, -0.2) is 15.0 Å². The highest BCUT2D eigenvalue weighted by Crippen LogP contribution is 2.21. The molecule has 1 rings (SSSR count). The average molecular weight is 259 g/mol. The van der Waals surface area contributed by atoms with Gasteiger partial charge in [-0.25, -0.2) is 8.42 Å². The van der Waals surface area contributed by atoms with Crippen molar-refractivity contribution in [2.24, 2.45) is 4.52 Å². The Morgan fingerprint density at radius 1 is 1.44 bits per heavy atom. The fourth-order valence-electron chi connectivity index (χ4n) is 0.889. The number of benzene rings is 1. The summed E-state index contributed by atoms with van der Waals surface area (Å²) < 4.78 is 30.4. The molecule has 1 aromatic carbocycles. The summed E-state index contributed by atoms with van der Waals surface area (Å²) in [5.74, 6) is 0. The van der Waals surface area contributed by atoms with Gasteiger partial charge in [0.2, 0.25) is 0 Å². The second-order valence-electron chi connectivity index (χ2n) is 2.61. The van der Waals surface area contributed by atoms with E-state index in [0.29, 0.717) is 6.61 Å². The summed E-state index contributed by atoms with van der Waals surface area (Å²) in [5, 5.41) is 0. The van der Waals surface area contributed by atoms with Gasteiger partial charge in [-0.15, -0.1) is 0 Å². The van der Waals surface area contributed by atoms with Crippen molar-refractivity contribution in [2.45, 2.75) is 16.7 Å². The number of azide groups is 1. The van der Waals surface area contributed by atoms with Crippen molar-refractivity contribution < 1.29 is 12.6 Å². The van der Waals surface area contributed by atoms with Crippen LogP contribution in [0.3, 0.4) is 0 Å². The van der Waals surface area contributed by atoms with Gasteiger partial charge in [-0.1, -0.05) is 0 Å². The fourth-order valence-corrected chi connectivity index (χ4v) is 2.06. The van der Waals surface area contributed by atoms with Crippen LogP contribution in [0.5, 0.6) is 0 Å². The van der Waals surface area contributed by atoms with E-state index in [2.05, 4.69) is 9.43 Å². The molecule has 0 unspecified atom stereocenters. The molecular formula is C8H9N3O3S2. The Balaban J connectivity index is 2.91. The highest BCUT2D eigenvalue weighted by atomic mass is 32.2. The lowest BCUT2D eigenvalue weighted by atomic mass is 10.4. The van der Waals surface area contributed by atoms with Gasteiger partial charge in [-0.05, 0) is 36.7 Å². The molecule has 0 amide bonds. The van der Waals surface area contributed by atoms with Crippen LogP contribution < -0.4 is 0 Å². The second kappa shape index (κ2) is 5.76. The SMILES string of the molecule is CCOSc1ccc(S(=O)(=O)N=[N+]=[N-])cc1. The lowest BCUT2D eigenvalue weighted by molar-refractivity contribution is 0.402. The predicted molar refractivity (Wildman–Crippen MR) is 60.3 cm³/mol. The number of hydrogen-bond donors (Lipinski definition) is 0. The molecule has 0 fully saturated rings. The van der Waals surface area contributed by atoms with Gasteiger partial charge in [0.15, 0.2) is 0 Å². The van der Waals surface area contributed by atoms with Crippen LogP contribution >= 0.6 is 12.0 Å². The van der Waals surface area contributed by atoms with Crippen molar-refractivity contribution in [3.63, 3.8) is 0 Å². The molecule has 0 radical (unpaired) electrons. The Kier molecular flexibility index (Phi) is 4.63. The normalized spacial score (nSPS) is 10.8. The van der Waals surface area contributed by atoms with Crippen molar-refractivity contribution in [2.75, 3.05) is 6.61 Å². The van der Waals surface area contributed by atoms with Gasteiger partial charge in [0, 0.05) is 26.4 Å². The number of nitrogens with zero attached hydrogens (tertiary/aromatic N) is 3. The first-order chi connectivity index (χ1) is 7.60. The van der Waals surface area contributed by atoms with Gasteiger partial charge in [0.25, 0.3) is 10.0 Å². The van der Waals surface area contributed by atoms with E-state index in [-0.39, 0.29) is 4.90 Å². The van der Waals surface area contributed by atoms with Crippen LogP contribution in [-0.2, 0) is 14.2 Å². The third kappa shape index (κ3) is 3.42. The quantitative estimate of drug-likeness (QED) is 0.352. The Labute approximate surface area is 97.5 Å². The molecule has 0 aliphatic heterocycles. The van der Waals surface area contributed by atoms with E-state index in [1.165, 1.54) is 12.1 Å². The first-order valence-corrected chi connectivity index (χ1v) is 6.49. The van der Waals surface area contributed by atoms with E-state index in [4.69, 9.17) is 9.71 Å². The van der Waals surface area contributed by atoms with Crippen LogP contribution in [0.25, 0.3) is 10.4 Å². The Bertz CT molecular complexity index is 492. The molecule has 0 atom stereocenters. The molecule has 8 heteroatoms. The highest BCUT2D eigenvalue weighted by Gasteiger charge is 2.11. The summed E-state index contributed by atoms with van der Waals surface area (Å²) in [4.78, 5) is 3.01. The number of sulfonamides is 1. The van der Waals surface area contributed by atoms with E-state index in [9.17, 15) is 8.42 Å². The summed E-state index contributed by atoms with van der Waals surface area (Å²) in [6, 6.07) is 5.90. The van der Waals surface area contributed by atoms with E-state index >= 15 is 0 Å². The van der Waals surface area contributed by atoms with Gasteiger partial charge in [-0.2, -0.15) is 0 Å². The first kappa shape index (κ1) is 12.9. The summed E-state index contributed by atoms with van der Waals surface area (Å²) in [6.45, 7) is 2.41. The lowest BCUT2D eigenvalue weighted by Crippen LogP contribution is -1.94. The maximum absolute atomic E-state index is 11.3. The molecule has 0 saturated carbocycles. The molecule has 0 spiro atoms. The predicted octanol–water partition coefficient (Wildman–Crippen LogP) is 2.73. The zero-order valence-corrected chi connectivity index (χ0v) is 10.0. The van der Waals surface area contributed by atoms with Gasteiger partial charge < -0.3 is 4.18 Å². The molecule has 0 N–H and O–H groups in total. The molecule has 16 heavy (non-hydrogen) atoms. The molecule has 0 aromatic heterocycles. The molecule has 0 bridgehead atoms. The molecule has 1 aromatic rings. The van der Waals surface area contributed by atoms with Gasteiger partial charge in [0.1, 0.15) is 0 Å². The molecular weight excluding hydrogens is 250 g/mol. The van der Waals surface area contributed by atoms with Crippen LogP contribution in [0.15, 0.2) is 38.6 Å². The van der Waals surface area contributed by atoms with Gasteiger partial charge in [0.05, 0.1) is 11.5 Å². The first-order valence-electron chi connectivity index (χ1n) is 4.31. The lowest BCUT2D eigenvalue weighted by Gasteiger charge is -2.01. The molecule has 6 nitrogen and oxygen atoms in total. The minimum absolute atomic E-state index is 0.0360. The van der Waals surface area contributed by atoms with Crippen LogP contribution in [0.2, 0.25) is 0 Å². The molecule has 0 heterocycles. The highest BCUT2D eigenvalue weighted by molar-refractivity contribution is 7.94. The smallest absolute Gasteiger partial charge is 0.264 e.